The molecule has 0 radical (unpaired) electrons. The van der Waals surface area contributed by atoms with E-state index < -0.39 is 0 Å². The number of benzene rings is 1. The van der Waals surface area contributed by atoms with E-state index in [1.165, 1.54) is 4.88 Å². The molecule has 0 aliphatic carbocycles. The molecule has 0 spiro atoms. The van der Waals surface area contributed by atoms with Crippen molar-refractivity contribution in [2.24, 2.45) is 5.73 Å². The van der Waals surface area contributed by atoms with E-state index in [9.17, 15) is 4.79 Å². The summed E-state index contributed by atoms with van der Waals surface area (Å²) in [6.45, 7) is 1.24. The fraction of sp³-hybridized carbons (Fsp3) is 0.267. The van der Waals surface area contributed by atoms with Crippen LogP contribution in [0.4, 0.5) is 0 Å². The summed E-state index contributed by atoms with van der Waals surface area (Å²) in [6, 6.07) is 11.6. The van der Waals surface area contributed by atoms with E-state index >= 15 is 0 Å². The molecule has 2 N–H and O–H groups in total. The molecule has 2 rings (SSSR count). The molecule has 4 heteroatoms. The van der Waals surface area contributed by atoms with Crippen LogP contribution in [0.25, 0.3) is 0 Å². The molecular formula is C15H18N2OS. The molecule has 2 aromatic rings. The zero-order chi connectivity index (χ0) is 13.7. The lowest BCUT2D eigenvalue weighted by Gasteiger charge is -2.16. The Morgan fingerprint density at radius 3 is 2.58 bits per heavy atom. The Balaban J connectivity index is 1.94. The third kappa shape index (κ3) is 3.66. The third-order valence-corrected chi connectivity index (χ3v) is 3.99. The first-order valence-corrected chi connectivity index (χ1v) is 7.15. The zero-order valence-electron chi connectivity index (χ0n) is 11.0. The van der Waals surface area contributed by atoms with Crippen LogP contribution in [0.15, 0.2) is 41.8 Å². The summed E-state index contributed by atoms with van der Waals surface area (Å²) in [5.74, 6) is 0.0557. The number of rotatable bonds is 5. The van der Waals surface area contributed by atoms with Crippen molar-refractivity contribution < 1.29 is 4.79 Å². The van der Waals surface area contributed by atoms with Crippen LogP contribution >= 0.6 is 11.3 Å². The number of thiophene rings is 1. The van der Waals surface area contributed by atoms with E-state index in [0.717, 1.165) is 18.5 Å². The van der Waals surface area contributed by atoms with Crippen molar-refractivity contribution >= 4 is 17.2 Å². The Morgan fingerprint density at radius 1 is 1.26 bits per heavy atom. The maximum Gasteiger partial charge on any atom is 0.253 e. The highest BCUT2D eigenvalue weighted by Gasteiger charge is 2.11. The second kappa shape index (κ2) is 6.50. The zero-order valence-corrected chi connectivity index (χ0v) is 11.8. The molecular weight excluding hydrogens is 256 g/mol. The molecule has 0 aliphatic rings. The Kier molecular flexibility index (Phi) is 4.71. The molecule has 0 aliphatic heterocycles. The van der Waals surface area contributed by atoms with Crippen molar-refractivity contribution in [1.29, 1.82) is 0 Å². The van der Waals surface area contributed by atoms with Crippen LogP contribution in [-0.2, 0) is 13.0 Å². The lowest BCUT2D eigenvalue weighted by molar-refractivity contribution is 0.0797. The van der Waals surface area contributed by atoms with Gasteiger partial charge in [-0.15, -0.1) is 11.3 Å². The van der Waals surface area contributed by atoms with Gasteiger partial charge in [0, 0.05) is 30.6 Å². The summed E-state index contributed by atoms with van der Waals surface area (Å²) in [5.41, 5.74) is 7.30. The van der Waals surface area contributed by atoms with Gasteiger partial charge in [-0.3, -0.25) is 4.79 Å². The first kappa shape index (κ1) is 13.8. The topological polar surface area (TPSA) is 46.3 Å². The van der Waals surface area contributed by atoms with Gasteiger partial charge in [-0.2, -0.15) is 0 Å². The normalized spacial score (nSPS) is 10.4. The van der Waals surface area contributed by atoms with Crippen molar-refractivity contribution in [2.75, 3.05) is 13.6 Å². The Hall–Kier alpha value is -1.65. The van der Waals surface area contributed by atoms with Crippen LogP contribution in [0.2, 0.25) is 0 Å². The largest absolute Gasteiger partial charge is 0.341 e. The van der Waals surface area contributed by atoms with Crippen LogP contribution in [-0.4, -0.2) is 24.4 Å². The van der Waals surface area contributed by atoms with E-state index in [-0.39, 0.29) is 5.91 Å². The SMILES string of the molecule is CN(CCc1cccs1)C(=O)c1ccc(CN)cc1. The number of nitrogens with zero attached hydrogens (tertiary/aromatic N) is 1. The van der Waals surface area contributed by atoms with Crippen molar-refractivity contribution in [1.82, 2.24) is 4.90 Å². The fourth-order valence-electron chi connectivity index (χ4n) is 1.84. The molecule has 19 heavy (non-hydrogen) atoms. The molecule has 100 valence electrons. The summed E-state index contributed by atoms with van der Waals surface area (Å²) in [5, 5.41) is 2.06. The van der Waals surface area contributed by atoms with Gasteiger partial charge in [-0.05, 0) is 35.6 Å². The highest BCUT2D eigenvalue weighted by atomic mass is 32.1. The van der Waals surface area contributed by atoms with Crippen LogP contribution in [0, 0.1) is 0 Å². The van der Waals surface area contributed by atoms with Gasteiger partial charge in [0.25, 0.3) is 5.91 Å². The van der Waals surface area contributed by atoms with Crippen molar-refractivity contribution in [2.45, 2.75) is 13.0 Å². The van der Waals surface area contributed by atoms with Gasteiger partial charge >= 0.3 is 0 Å². The lowest BCUT2D eigenvalue weighted by Crippen LogP contribution is -2.28. The van der Waals surface area contributed by atoms with Crippen molar-refractivity contribution in [3.63, 3.8) is 0 Å². The number of nitrogens with two attached hydrogens (primary N) is 1. The molecule has 1 heterocycles. The molecule has 0 saturated carbocycles. The van der Waals surface area contributed by atoms with Crippen molar-refractivity contribution in [3.8, 4) is 0 Å². The number of likely N-dealkylation sites (N-methyl/N-ethyl adjacent to an activating group) is 1. The van der Waals surface area contributed by atoms with E-state index in [4.69, 9.17) is 5.73 Å². The Morgan fingerprint density at radius 2 is 2.00 bits per heavy atom. The summed E-state index contributed by atoms with van der Waals surface area (Å²) < 4.78 is 0. The third-order valence-electron chi connectivity index (χ3n) is 3.06. The maximum absolute atomic E-state index is 12.2. The summed E-state index contributed by atoms with van der Waals surface area (Å²) in [4.78, 5) is 15.3. The standard InChI is InChI=1S/C15H18N2OS/c1-17(9-8-14-3-2-10-19-14)15(18)13-6-4-12(11-16)5-7-13/h2-7,10H,8-9,11,16H2,1H3. The molecule has 0 saturated heterocycles. The highest BCUT2D eigenvalue weighted by molar-refractivity contribution is 7.09. The monoisotopic (exact) mass is 274 g/mol. The van der Waals surface area contributed by atoms with Gasteiger partial charge in [0.05, 0.1) is 0 Å². The van der Waals surface area contributed by atoms with Crippen LogP contribution in [0.3, 0.4) is 0 Å². The van der Waals surface area contributed by atoms with Crippen molar-refractivity contribution in [3.05, 3.63) is 57.8 Å². The minimum atomic E-state index is 0.0557. The minimum absolute atomic E-state index is 0.0557. The number of hydrogen-bond donors (Lipinski definition) is 1. The smallest absolute Gasteiger partial charge is 0.253 e. The Labute approximate surface area is 117 Å². The van der Waals surface area contributed by atoms with Crippen LogP contribution < -0.4 is 5.73 Å². The molecule has 0 fully saturated rings. The summed E-state index contributed by atoms with van der Waals surface area (Å²) in [6.07, 6.45) is 0.904. The molecule has 0 bridgehead atoms. The number of carbonyl (C=O) groups excluding carboxylic acids is 1. The molecule has 3 nitrogen and oxygen atoms in total. The van der Waals surface area contributed by atoms with E-state index in [2.05, 4.69) is 11.4 Å². The second-order valence-electron chi connectivity index (χ2n) is 4.46. The minimum Gasteiger partial charge on any atom is -0.341 e. The molecule has 1 aromatic carbocycles. The van der Waals surface area contributed by atoms with Gasteiger partial charge < -0.3 is 10.6 Å². The predicted molar refractivity (Wildman–Crippen MR) is 79.3 cm³/mol. The molecule has 1 aromatic heterocycles. The summed E-state index contributed by atoms with van der Waals surface area (Å²) in [7, 11) is 1.84. The number of carbonyl (C=O) groups is 1. The van der Waals surface area contributed by atoms with Crippen LogP contribution in [0.5, 0.6) is 0 Å². The first-order chi connectivity index (χ1) is 9.20. The van der Waals surface area contributed by atoms with Gasteiger partial charge in [0.2, 0.25) is 0 Å². The molecule has 0 unspecified atom stereocenters. The van der Waals surface area contributed by atoms with E-state index in [1.54, 1.807) is 16.2 Å². The van der Waals surface area contributed by atoms with Crippen LogP contribution in [0.1, 0.15) is 20.8 Å². The molecule has 0 atom stereocenters. The highest BCUT2D eigenvalue weighted by Crippen LogP contribution is 2.11. The average molecular weight is 274 g/mol. The quantitative estimate of drug-likeness (QED) is 0.910. The van der Waals surface area contributed by atoms with Gasteiger partial charge in [0.1, 0.15) is 0 Å². The van der Waals surface area contributed by atoms with E-state index in [0.29, 0.717) is 12.1 Å². The van der Waals surface area contributed by atoms with E-state index in [1.807, 2.05) is 37.4 Å². The fourth-order valence-corrected chi connectivity index (χ4v) is 2.54. The van der Waals surface area contributed by atoms with Gasteiger partial charge in [-0.1, -0.05) is 18.2 Å². The van der Waals surface area contributed by atoms with Gasteiger partial charge in [0.15, 0.2) is 0 Å². The Bertz CT molecular complexity index is 520. The average Bonchev–Trinajstić information content (AvgIpc) is 2.97. The number of amides is 1. The predicted octanol–water partition coefficient (Wildman–Crippen LogP) is 2.52. The lowest BCUT2D eigenvalue weighted by atomic mass is 10.1. The molecule has 1 amide bonds. The number of hydrogen-bond acceptors (Lipinski definition) is 3. The maximum atomic E-state index is 12.2. The van der Waals surface area contributed by atoms with Gasteiger partial charge in [-0.25, -0.2) is 0 Å². The first-order valence-electron chi connectivity index (χ1n) is 6.27. The summed E-state index contributed by atoms with van der Waals surface area (Å²) >= 11 is 1.73. The second-order valence-corrected chi connectivity index (χ2v) is 5.49.